The monoisotopic (exact) mass is 682 g/mol. The summed E-state index contributed by atoms with van der Waals surface area (Å²) in [5.41, 5.74) is 6.91. The fourth-order valence-corrected chi connectivity index (χ4v) is 7.76. The number of aromatic nitrogens is 1. The van der Waals surface area contributed by atoms with Gasteiger partial charge in [0.25, 0.3) is 0 Å². The molecule has 1 aliphatic rings. The molecule has 5 aromatic rings. The predicted octanol–water partition coefficient (Wildman–Crippen LogP) is 8.05. The molecule has 2 heterocycles. The van der Waals surface area contributed by atoms with Gasteiger partial charge >= 0.3 is 5.97 Å². The number of carbonyl (C=O) groups is 2. The lowest BCUT2D eigenvalue weighted by Crippen LogP contribution is -2.31. The van der Waals surface area contributed by atoms with Gasteiger partial charge in [0.2, 0.25) is 5.91 Å². The summed E-state index contributed by atoms with van der Waals surface area (Å²) in [6.45, 7) is 0.406. The van der Waals surface area contributed by atoms with Gasteiger partial charge in [0, 0.05) is 37.1 Å². The summed E-state index contributed by atoms with van der Waals surface area (Å²) in [5, 5.41) is 21.2. The van der Waals surface area contributed by atoms with Gasteiger partial charge in [-0.2, -0.15) is 0 Å². The number of unbranched alkanes of at least 4 members (excludes halogenated alkanes) is 1. The molecule has 0 bridgehead atoms. The second-order valence-corrected chi connectivity index (χ2v) is 14.1. The van der Waals surface area contributed by atoms with Crippen molar-refractivity contribution in [2.24, 2.45) is 0 Å². The Morgan fingerprint density at radius 1 is 0.854 bits per heavy atom. The highest BCUT2D eigenvalue weighted by Gasteiger charge is 2.32. The first-order valence-electron chi connectivity index (χ1n) is 16.1. The fraction of sp³-hybridized carbons (Fsp3) is 0.289. The van der Waals surface area contributed by atoms with Gasteiger partial charge < -0.3 is 25.0 Å². The maximum atomic E-state index is 12.2. The average molecular weight is 683 g/mol. The van der Waals surface area contributed by atoms with Crippen molar-refractivity contribution in [3.63, 3.8) is 0 Å². The zero-order valence-corrected chi connectivity index (χ0v) is 28.1. The van der Waals surface area contributed by atoms with Crippen LogP contribution in [0.15, 0.2) is 101 Å². The van der Waals surface area contributed by atoms with Gasteiger partial charge in [0.1, 0.15) is 0 Å². The number of thioether (sulfide) groups is 1. The van der Waals surface area contributed by atoms with Gasteiger partial charge in [-0.05, 0) is 58.9 Å². The number of aliphatic hydroxyl groups is 1. The molecule has 1 saturated heterocycles. The molecule has 4 aromatic carbocycles. The highest BCUT2D eigenvalue weighted by atomic mass is 32.2. The van der Waals surface area contributed by atoms with Crippen LogP contribution in [0.1, 0.15) is 66.8 Å². The van der Waals surface area contributed by atoms with E-state index in [-0.39, 0.29) is 31.1 Å². The van der Waals surface area contributed by atoms with Gasteiger partial charge in [-0.25, -0.2) is 4.98 Å². The maximum Gasteiger partial charge on any atom is 0.303 e. The first kappa shape index (κ1) is 33.8. The standard InChI is InChI=1S/C38H38N2O6S2/c41-23-25-12-14-28(15-13-25)33-21-31(24-47-38-40-32-8-1-2-9-34(32)48-38)45-37(46-33)29-18-16-27(17-19-29)30-7-5-6-26(20-30)22-39-35(42)10-3-4-11-36(43)44/h1-2,5-9,12-20,31,33,37,41H,3-4,10-11,21-24H2,(H,39,42)(H,43,44)/t31-,33+,37+/m1/s1. The number of nitrogens with one attached hydrogen (secondary N) is 1. The van der Waals surface area contributed by atoms with Crippen LogP contribution in [0.3, 0.4) is 0 Å². The number of benzene rings is 4. The van der Waals surface area contributed by atoms with Crippen molar-refractivity contribution in [2.75, 3.05) is 5.75 Å². The number of hydrogen-bond donors (Lipinski definition) is 3. The molecular formula is C38H38N2O6S2. The number of thiazole rings is 1. The Hall–Kier alpha value is -4.06. The Kier molecular flexibility index (Phi) is 11.5. The summed E-state index contributed by atoms with van der Waals surface area (Å²) in [5.74, 6) is -0.176. The van der Waals surface area contributed by atoms with Crippen molar-refractivity contribution < 1.29 is 29.3 Å². The molecule has 0 aliphatic carbocycles. The van der Waals surface area contributed by atoms with Crippen LogP contribution in [0, 0.1) is 0 Å². The molecule has 1 fully saturated rings. The van der Waals surface area contributed by atoms with E-state index in [1.165, 1.54) is 4.70 Å². The van der Waals surface area contributed by atoms with E-state index in [1.807, 2.05) is 72.8 Å². The van der Waals surface area contributed by atoms with E-state index in [4.69, 9.17) is 19.6 Å². The Morgan fingerprint density at radius 3 is 2.40 bits per heavy atom. The number of aliphatic hydroxyl groups excluding tert-OH is 1. The number of nitrogens with zero attached hydrogens (tertiary/aromatic N) is 1. The van der Waals surface area contributed by atoms with Crippen LogP contribution in [0.5, 0.6) is 0 Å². The van der Waals surface area contributed by atoms with Crippen molar-refractivity contribution in [3.8, 4) is 11.1 Å². The zero-order valence-electron chi connectivity index (χ0n) is 26.4. The summed E-state index contributed by atoms with van der Waals surface area (Å²) < 4.78 is 15.3. The van der Waals surface area contributed by atoms with Gasteiger partial charge in [0.05, 0.1) is 29.0 Å². The number of amides is 1. The highest BCUT2D eigenvalue weighted by molar-refractivity contribution is 8.01. The Morgan fingerprint density at radius 2 is 1.62 bits per heavy atom. The third kappa shape index (κ3) is 9.09. The molecule has 1 aliphatic heterocycles. The Balaban J connectivity index is 1.12. The second kappa shape index (κ2) is 16.4. The van der Waals surface area contributed by atoms with Crippen LogP contribution in [0.4, 0.5) is 0 Å². The van der Waals surface area contributed by atoms with E-state index in [2.05, 4.69) is 29.6 Å². The largest absolute Gasteiger partial charge is 0.481 e. The molecule has 1 amide bonds. The number of rotatable bonds is 14. The fourth-order valence-electron chi connectivity index (χ4n) is 5.64. The summed E-state index contributed by atoms with van der Waals surface area (Å²) >= 11 is 3.41. The van der Waals surface area contributed by atoms with Crippen molar-refractivity contribution >= 4 is 45.2 Å². The number of para-hydroxylation sites is 1. The maximum absolute atomic E-state index is 12.2. The number of ether oxygens (including phenoxy) is 2. The Bertz CT molecular complexity index is 1790. The van der Waals surface area contributed by atoms with Crippen molar-refractivity contribution in [2.45, 2.75) is 68.1 Å². The molecule has 0 saturated carbocycles. The number of fused-ring (bicyclic) bond motifs is 1. The third-order valence-electron chi connectivity index (χ3n) is 8.26. The SMILES string of the molecule is O=C(O)CCCCC(=O)NCc1cccc(-c2ccc([C@H]3O[C@@H](CSc4nc5ccccc5s4)C[C@@H](c4ccc(CO)cc4)O3)cc2)c1. The molecule has 8 nitrogen and oxygen atoms in total. The summed E-state index contributed by atoms with van der Waals surface area (Å²) in [6, 6.07) is 32.4. The number of carboxylic acids is 1. The molecule has 48 heavy (non-hydrogen) atoms. The van der Waals surface area contributed by atoms with Crippen LogP contribution in [0.25, 0.3) is 21.3 Å². The minimum atomic E-state index is -0.840. The van der Waals surface area contributed by atoms with E-state index in [1.54, 1.807) is 23.1 Å². The van der Waals surface area contributed by atoms with Crippen LogP contribution in [-0.4, -0.2) is 38.9 Å². The first-order valence-corrected chi connectivity index (χ1v) is 17.9. The van der Waals surface area contributed by atoms with Gasteiger partial charge in [-0.1, -0.05) is 90.6 Å². The quantitative estimate of drug-likeness (QED) is 0.0796. The molecule has 1 aromatic heterocycles. The topological polar surface area (TPSA) is 118 Å². The van der Waals surface area contributed by atoms with E-state index in [0.717, 1.165) is 49.0 Å². The molecule has 10 heteroatoms. The first-order chi connectivity index (χ1) is 23.4. The summed E-state index contributed by atoms with van der Waals surface area (Å²) in [4.78, 5) is 27.7. The van der Waals surface area contributed by atoms with Gasteiger partial charge in [-0.3, -0.25) is 9.59 Å². The lowest BCUT2D eigenvalue weighted by molar-refractivity contribution is -0.245. The van der Waals surface area contributed by atoms with Crippen LogP contribution in [0.2, 0.25) is 0 Å². The molecule has 248 valence electrons. The van der Waals surface area contributed by atoms with Crippen LogP contribution < -0.4 is 5.32 Å². The second-order valence-electron chi connectivity index (χ2n) is 11.8. The van der Waals surface area contributed by atoms with Crippen molar-refractivity contribution in [3.05, 3.63) is 119 Å². The van der Waals surface area contributed by atoms with Crippen LogP contribution >= 0.6 is 23.1 Å². The minimum Gasteiger partial charge on any atom is -0.481 e. The normalized spacial score (nSPS) is 17.7. The van der Waals surface area contributed by atoms with E-state index < -0.39 is 12.3 Å². The van der Waals surface area contributed by atoms with E-state index >= 15 is 0 Å². The van der Waals surface area contributed by atoms with Gasteiger partial charge in [-0.15, -0.1) is 11.3 Å². The molecule has 0 spiro atoms. The summed E-state index contributed by atoms with van der Waals surface area (Å²) in [7, 11) is 0. The molecule has 6 rings (SSSR count). The van der Waals surface area contributed by atoms with E-state index in [9.17, 15) is 14.7 Å². The Labute approximate surface area is 288 Å². The van der Waals surface area contributed by atoms with Crippen molar-refractivity contribution in [1.29, 1.82) is 0 Å². The third-order valence-corrected chi connectivity index (χ3v) is 10.6. The number of aliphatic carboxylic acids is 1. The average Bonchev–Trinajstić information content (AvgIpc) is 3.55. The smallest absolute Gasteiger partial charge is 0.303 e. The van der Waals surface area contributed by atoms with E-state index in [0.29, 0.717) is 32.2 Å². The number of hydrogen-bond acceptors (Lipinski definition) is 8. The lowest BCUT2D eigenvalue weighted by atomic mass is 9.99. The zero-order chi connectivity index (χ0) is 33.3. The lowest BCUT2D eigenvalue weighted by Gasteiger charge is -2.36. The number of carboxylic acid groups (broad SMARTS) is 1. The molecule has 3 N–H and O–H groups in total. The highest BCUT2D eigenvalue weighted by Crippen LogP contribution is 2.40. The van der Waals surface area contributed by atoms with Gasteiger partial charge in [0.15, 0.2) is 10.6 Å². The molecule has 0 unspecified atom stereocenters. The minimum absolute atomic E-state index is 0.000945. The molecule has 0 radical (unpaired) electrons. The molecule has 3 atom stereocenters. The summed E-state index contributed by atoms with van der Waals surface area (Å²) in [6.07, 6.45) is 1.37. The molecular weight excluding hydrogens is 645 g/mol. The number of carbonyl (C=O) groups excluding carboxylic acids is 1. The van der Waals surface area contributed by atoms with Crippen LogP contribution in [-0.2, 0) is 32.2 Å². The predicted molar refractivity (Wildman–Crippen MR) is 189 cm³/mol. The van der Waals surface area contributed by atoms with Crippen molar-refractivity contribution in [1.82, 2.24) is 10.3 Å².